The summed E-state index contributed by atoms with van der Waals surface area (Å²) in [6.45, 7) is 4.67. The number of aryl methyl sites for hydroxylation is 2. The number of aromatic amines is 1. The van der Waals surface area contributed by atoms with Gasteiger partial charge in [-0.25, -0.2) is 0 Å². The van der Waals surface area contributed by atoms with E-state index in [1.165, 1.54) is 16.6 Å². The van der Waals surface area contributed by atoms with Crippen LogP contribution in [0.4, 0.5) is 0 Å². The summed E-state index contributed by atoms with van der Waals surface area (Å²) in [6.07, 6.45) is 0. The van der Waals surface area contributed by atoms with Crippen LogP contribution in [0.3, 0.4) is 0 Å². The maximum atomic E-state index is 11.1. The fraction of sp³-hybridized carbons (Fsp3) is 0.308. The fourth-order valence-electron chi connectivity index (χ4n) is 1.87. The summed E-state index contributed by atoms with van der Waals surface area (Å²) in [6, 6.07) is 6.15. The van der Waals surface area contributed by atoms with Gasteiger partial charge in [0.05, 0.1) is 0 Å². The number of aromatic nitrogens is 1. The molecule has 0 aliphatic heterocycles. The number of benzene rings is 1. The van der Waals surface area contributed by atoms with Gasteiger partial charge in [-0.15, -0.1) is 11.6 Å². The lowest BCUT2D eigenvalue weighted by Crippen LogP contribution is -2.23. The molecule has 3 nitrogen and oxygen atoms in total. The van der Waals surface area contributed by atoms with Crippen molar-refractivity contribution in [2.24, 2.45) is 0 Å². The van der Waals surface area contributed by atoms with E-state index in [2.05, 4.69) is 30.2 Å². The molecular weight excluding hydrogens is 236 g/mol. The zero-order valence-electron chi connectivity index (χ0n) is 9.93. The van der Waals surface area contributed by atoms with Gasteiger partial charge in [0.15, 0.2) is 0 Å². The maximum Gasteiger partial charge on any atom is 0.235 e. The molecule has 0 spiro atoms. The minimum absolute atomic E-state index is 0.00450. The molecule has 0 saturated heterocycles. The number of fused-ring (bicyclic) bond motifs is 1. The van der Waals surface area contributed by atoms with Crippen molar-refractivity contribution in [3.05, 3.63) is 35.0 Å². The number of nitrogens with one attached hydrogen (secondary N) is 2. The normalized spacial score (nSPS) is 10.8. The predicted molar refractivity (Wildman–Crippen MR) is 70.3 cm³/mol. The highest BCUT2D eigenvalue weighted by Crippen LogP contribution is 2.22. The van der Waals surface area contributed by atoms with Crippen molar-refractivity contribution < 1.29 is 4.79 Å². The van der Waals surface area contributed by atoms with Gasteiger partial charge in [-0.1, -0.05) is 6.07 Å². The molecular formula is C13H15ClN2O. The van der Waals surface area contributed by atoms with E-state index in [1.54, 1.807) is 0 Å². The second-order valence-electron chi connectivity index (χ2n) is 4.17. The molecule has 0 aliphatic rings. The minimum atomic E-state index is -0.145. The Morgan fingerprint density at radius 3 is 2.88 bits per heavy atom. The summed E-state index contributed by atoms with van der Waals surface area (Å²) >= 11 is 5.42. The van der Waals surface area contributed by atoms with Crippen LogP contribution >= 0.6 is 11.6 Å². The minimum Gasteiger partial charge on any atom is -0.358 e. The number of carbonyl (C=O) groups excluding carboxylic acids is 1. The topological polar surface area (TPSA) is 44.9 Å². The van der Waals surface area contributed by atoms with Gasteiger partial charge in [0.2, 0.25) is 5.91 Å². The standard InChI is InChI=1S/C13H15ClN2O/c1-8-9(2)16-12-4-3-10(5-11(8)12)7-15-13(17)6-14/h3-5,16H,6-7H2,1-2H3,(H,15,17). The monoisotopic (exact) mass is 250 g/mol. The molecule has 2 N–H and O–H groups in total. The van der Waals surface area contributed by atoms with Gasteiger partial charge in [-0.3, -0.25) is 4.79 Å². The third-order valence-corrected chi connectivity index (χ3v) is 3.23. The van der Waals surface area contributed by atoms with Gasteiger partial charge in [0, 0.05) is 23.1 Å². The van der Waals surface area contributed by atoms with Gasteiger partial charge >= 0.3 is 0 Å². The Bertz CT molecular complexity index is 560. The Labute approximate surface area is 105 Å². The summed E-state index contributed by atoms with van der Waals surface area (Å²) in [5, 5.41) is 3.97. The molecule has 4 heteroatoms. The first-order valence-corrected chi connectivity index (χ1v) is 6.05. The Kier molecular flexibility index (Phi) is 3.38. The second kappa shape index (κ2) is 4.80. The molecule has 1 aromatic heterocycles. The Balaban J connectivity index is 2.25. The van der Waals surface area contributed by atoms with Gasteiger partial charge in [-0.2, -0.15) is 0 Å². The smallest absolute Gasteiger partial charge is 0.235 e. The number of hydrogen-bond donors (Lipinski definition) is 2. The molecule has 0 radical (unpaired) electrons. The molecule has 1 amide bonds. The molecule has 0 fully saturated rings. The largest absolute Gasteiger partial charge is 0.358 e. The highest BCUT2D eigenvalue weighted by atomic mass is 35.5. The van der Waals surface area contributed by atoms with E-state index < -0.39 is 0 Å². The lowest BCUT2D eigenvalue weighted by molar-refractivity contribution is -0.118. The quantitative estimate of drug-likeness (QED) is 0.809. The molecule has 2 aromatic rings. The number of H-pyrrole nitrogens is 1. The lowest BCUT2D eigenvalue weighted by atomic mass is 10.1. The van der Waals surface area contributed by atoms with E-state index in [-0.39, 0.29) is 11.8 Å². The number of amides is 1. The van der Waals surface area contributed by atoms with E-state index in [4.69, 9.17) is 11.6 Å². The van der Waals surface area contributed by atoms with Crippen LogP contribution in [0, 0.1) is 13.8 Å². The van der Waals surface area contributed by atoms with Crippen molar-refractivity contribution in [1.29, 1.82) is 0 Å². The first-order chi connectivity index (χ1) is 8.11. The highest BCUT2D eigenvalue weighted by molar-refractivity contribution is 6.27. The van der Waals surface area contributed by atoms with Crippen LogP contribution in [-0.2, 0) is 11.3 Å². The second-order valence-corrected chi connectivity index (χ2v) is 4.43. The van der Waals surface area contributed by atoms with Crippen molar-refractivity contribution in [2.45, 2.75) is 20.4 Å². The molecule has 1 aromatic carbocycles. The summed E-state index contributed by atoms with van der Waals surface area (Å²) in [4.78, 5) is 14.4. The van der Waals surface area contributed by atoms with Gasteiger partial charge in [0.25, 0.3) is 0 Å². The van der Waals surface area contributed by atoms with Crippen molar-refractivity contribution in [3.63, 3.8) is 0 Å². The van der Waals surface area contributed by atoms with E-state index >= 15 is 0 Å². The van der Waals surface area contributed by atoms with E-state index in [0.29, 0.717) is 6.54 Å². The first kappa shape index (κ1) is 12.0. The van der Waals surface area contributed by atoms with Crippen molar-refractivity contribution in [1.82, 2.24) is 10.3 Å². The number of alkyl halides is 1. The van der Waals surface area contributed by atoms with Gasteiger partial charge < -0.3 is 10.3 Å². The van der Waals surface area contributed by atoms with Crippen molar-refractivity contribution in [2.75, 3.05) is 5.88 Å². The third kappa shape index (κ3) is 2.44. The molecule has 90 valence electrons. The maximum absolute atomic E-state index is 11.1. The average Bonchev–Trinajstić information content (AvgIpc) is 2.62. The molecule has 0 bridgehead atoms. The third-order valence-electron chi connectivity index (χ3n) is 2.98. The first-order valence-electron chi connectivity index (χ1n) is 5.52. The summed E-state index contributed by atoms with van der Waals surface area (Å²) in [5.74, 6) is -0.140. The zero-order valence-corrected chi connectivity index (χ0v) is 10.7. The van der Waals surface area contributed by atoms with E-state index in [9.17, 15) is 4.79 Å². The molecule has 0 aliphatic carbocycles. The Morgan fingerprint density at radius 2 is 2.18 bits per heavy atom. The number of hydrogen-bond acceptors (Lipinski definition) is 1. The van der Waals surface area contributed by atoms with Gasteiger partial charge in [0.1, 0.15) is 5.88 Å². The Hall–Kier alpha value is -1.48. The van der Waals surface area contributed by atoms with Gasteiger partial charge in [-0.05, 0) is 37.1 Å². The zero-order chi connectivity index (χ0) is 12.4. The summed E-state index contributed by atoms with van der Waals surface area (Å²) < 4.78 is 0. The fourth-order valence-corrected chi connectivity index (χ4v) is 1.96. The average molecular weight is 251 g/mol. The molecule has 17 heavy (non-hydrogen) atoms. The molecule has 2 rings (SSSR count). The van der Waals surface area contributed by atoms with Crippen LogP contribution in [0.5, 0.6) is 0 Å². The van der Waals surface area contributed by atoms with Crippen LogP contribution in [0.15, 0.2) is 18.2 Å². The highest BCUT2D eigenvalue weighted by Gasteiger charge is 2.05. The lowest BCUT2D eigenvalue weighted by Gasteiger charge is -2.03. The number of rotatable bonds is 3. The van der Waals surface area contributed by atoms with Crippen LogP contribution < -0.4 is 5.32 Å². The van der Waals surface area contributed by atoms with Crippen molar-refractivity contribution in [3.8, 4) is 0 Å². The van der Waals surface area contributed by atoms with Crippen LogP contribution in [0.25, 0.3) is 10.9 Å². The van der Waals surface area contributed by atoms with E-state index in [1.807, 2.05) is 12.1 Å². The predicted octanol–water partition coefficient (Wildman–Crippen LogP) is 2.64. The number of carbonyl (C=O) groups is 1. The summed E-state index contributed by atoms with van der Waals surface area (Å²) in [7, 11) is 0. The van der Waals surface area contributed by atoms with E-state index in [0.717, 1.165) is 11.1 Å². The molecule has 0 atom stereocenters. The Morgan fingerprint density at radius 1 is 1.41 bits per heavy atom. The van der Waals surface area contributed by atoms with Crippen molar-refractivity contribution >= 4 is 28.4 Å². The SMILES string of the molecule is Cc1[nH]c2ccc(CNC(=O)CCl)cc2c1C. The molecule has 1 heterocycles. The molecule has 0 saturated carbocycles. The summed E-state index contributed by atoms with van der Waals surface area (Å²) in [5.41, 5.74) is 4.65. The van der Waals surface area contributed by atoms with Crippen LogP contribution in [0.2, 0.25) is 0 Å². The van der Waals surface area contributed by atoms with Crippen LogP contribution in [0.1, 0.15) is 16.8 Å². The van der Waals surface area contributed by atoms with Crippen LogP contribution in [-0.4, -0.2) is 16.8 Å². The molecule has 0 unspecified atom stereocenters. The number of halogens is 1.